The first-order valence-corrected chi connectivity index (χ1v) is 25.8. The van der Waals surface area contributed by atoms with E-state index in [2.05, 4.69) is 41.1 Å². The number of nitrogens with zero attached hydrogens (tertiary/aromatic N) is 8. The first-order chi connectivity index (χ1) is 35.3. The molecule has 16 nitrogen and oxygen atoms in total. The number of amides is 4. The van der Waals surface area contributed by atoms with Crippen molar-refractivity contribution in [3.05, 3.63) is 77.0 Å². The Hall–Kier alpha value is -6.81. The highest BCUT2D eigenvalue weighted by Crippen LogP contribution is 2.53. The molecule has 3 aromatic carbocycles. The van der Waals surface area contributed by atoms with Crippen LogP contribution in [0.3, 0.4) is 0 Å². The minimum absolute atomic E-state index is 0.0370. The van der Waals surface area contributed by atoms with Crippen molar-refractivity contribution < 1.29 is 37.8 Å². The molecule has 13 rings (SSSR count). The Morgan fingerprint density at radius 2 is 1.59 bits per heavy atom. The quantitative estimate of drug-likeness (QED) is 0.120. The zero-order valence-corrected chi connectivity index (χ0v) is 40.5. The van der Waals surface area contributed by atoms with Crippen molar-refractivity contribution in [2.24, 2.45) is 10.8 Å². The molecule has 0 radical (unpaired) electrons. The maximum atomic E-state index is 17.2. The lowest BCUT2D eigenvalue weighted by Gasteiger charge is -2.56. The topological polar surface area (TPSA) is 177 Å². The average molecular weight is 991 g/mol. The Morgan fingerprint density at radius 3 is 2.32 bits per heavy atom. The lowest BCUT2D eigenvalue weighted by Crippen LogP contribution is -2.59. The Kier molecular flexibility index (Phi) is 11.0. The fraction of sp³-hybridized carbons (Fsp3) is 0.473. The summed E-state index contributed by atoms with van der Waals surface area (Å²) in [6, 6.07) is 11.2. The summed E-state index contributed by atoms with van der Waals surface area (Å²) in [6.07, 6.45) is 16.4. The number of phenols is 1. The van der Waals surface area contributed by atoms with Crippen molar-refractivity contribution in [2.45, 2.75) is 88.4 Å². The van der Waals surface area contributed by atoms with Gasteiger partial charge in [0, 0.05) is 98.6 Å². The van der Waals surface area contributed by atoms with Gasteiger partial charge in [0.25, 0.3) is 11.8 Å². The number of pyridine rings is 1. The van der Waals surface area contributed by atoms with Crippen LogP contribution in [0, 0.1) is 34.8 Å². The van der Waals surface area contributed by atoms with Crippen molar-refractivity contribution in [1.29, 1.82) is 0 Å². The summed E-state index contributed by atoms with van der Waals surface area (Å²) in [6.45, 7) is 8.21. The van der Waals surface area contributed by atoms with E-state index in [-0.39, 0.29) is 57.7 Å². The number of piperidine rings is 2. The van der Waals surface area contributed by atoms with Gasteiger partial charge < -0.3 is 29.9 Å². The van der Waals surface area contributed by atoms with Crippen LogP contribution in [0.15, 0.2) is 48.7 Å². The molecule has 4 amide bonds. The number of phenolic OH excluding ortho intramolecular Hbond substituents is 1. The minimum atomic E-state index is -0.985. The average Bonchev–Trinajstić information content (AvgIpc) is 4.00. The summed E-state index contributed by atoms with van der Waals surface area (Å²) < 4.78 is 38.7. The molecule has 5 saturated heterocycles. The first kappa shape index (κ1) is 46.0. The van der Waals surface area contributed by atoms with Crippen LogP contribution in [0.25, 0.3) is 32.9 Å². The van der Waals surface area contributed by atoms with Crippen molar-refractivity contribution in [3.63, 3.8) is 0 Å². The van der Waals surface area contributed by atoms with Crippen molar-refractivity contribution in [3.8, 4) is 35.4 Å². The summed E-state index contributed by atoms with van der Waals surface area (Å²) in [5.41, 5.74) is 1.84. The van der Waals surface area contributed by atoms with Crippen LogP contribution < -0.4 is 25.2 Å². The van der Waals surface area contributed by atoms with Gasteiger partial charge in [0.1, 0.15) is 34.6 Å². The van der Waals surface area contributed by atoms with Gasteiger partial charge in [0.2, 0.25) is 11.8 Å². The third-order valence-corrected chi connectivity index (χ3v) is 17.5. The second kappa shape index (κ2) is 17.4. The molecule has 6 aliphatic heterocycles. The summed E-state index contributed by atoms with van der Waals surface area (Å²) in [5, 5.41) is 17.8. The number of rotatable bonds is 10. The molecule has 2 aromatic heterocycles. The predicted molar refractivity (Wildman–Crippen MR) is 267 cm³/mol. The van der Waals surface area contributed by atoms with E-state index < -0.39 is 41.3 Å². The van der Waals surface area contributed by atoms with E-state index in [9.17, 15) is 24.3 Å². The number of halogens is 2. The number of hydrogen-bond acceptors (Lipinski definition) is 14. The SMILES string of the molecule is C#Cc1c(F)ccc2cc(O)cc(-c3ncc4c(N5CC6CCC(C5)N6)nc(OCC5(CN6CCC7(CC6)CC(N6CCN(c8ccc9c(c8)C(=O)N(C8CCC(=O)NC8=O)C9=O)CC6)C7)CC5)nc4c3F)c12. The van der Waals surface area contributed by atoms with Gasteiger partial charge in [-0.25, -0.2) is 8.78 Å². The van der Waals surface area contributed by atoms with E-state index in [1.54, 1.807) is 18.3 Å². The number of nitrogens with one attached hydrogen (secondary N) is 2. The van der Waals surface area contributed by atoms with Crippen LogP contribution in [0.4, 0.5) is 20.3 Å². The van der Waals surface area contributed by atoms with Crippen molar-refractivity contribution >= 4 is 56.8 Å². The molecule has 8 heterocycles. The Bertz CT molecular complexity index is 3200. The Morgan fingerprint density at radius 1 is 0.836 bits per heavy atom. The molecule has 2 bridgehead atoms. The van der Waals surface area contributed by atoms with E-state index in [1.807, 2.05) is 6.07 Å². The highest BCUT2D eigenvalue weighted by molar-refractivity contribution is 6.23. The number of carbonyl (C=O) groups is 4. The van der Waals surface area contributed by atoms with Crippen molar-refractivity contribution in [1.82, 2.24) is 40.3 Å². The van der Waals surface area contributed by atoms with Crippen molar-refractivity contribution in [2.75, 3.05) is 75.3 Å². The van der Waals surface area contributed by atoms with Gasteiger partial charge in [0.05, 0.1) is 28.7 Å². The molecule has 2 saturated carbocycles. The van der Waals surface area contributed by atoms with Crippen LogP contribution in [0.2, 0.25) is 0 Å². The lowest BCUT2D eigenvalue weighted by molar-refractivity contribution is -0.136. The van der Waals surface area contributed by atoms with E-state index in [1.165, 1.54) is 37.1 Å². The molecule has 8 aliphatic rings. The standard InChI is InChI=1S/C55H56F2N10O6/c1-2-37-42(56)8-3-31-21-36(68)23-40(45(31)37)47-46(57)48-41(26-58-47)49(66-27-32-4-5-33(28-66)59-32)62-53(61-48)73-30-55(11-12-55)29-63-15-13-54(14-16-63)24-35(25-54)65-19-17-64(18-20-65)34-6-7-38-39(22-34)52(72)67(51(38)71)43-9-10-44(69)60-50(43)70/h1,3,6-8,21-23,26,32-33,35,43,59,68H,4-5,9-20,24-25,27-30H2,(H,60,69,70). The van der Waals surface area contributed by atoms with E-state index in [0.717, 1.165) is 94.9 Å². The number of anilines is 2. The normalized spacial score (nSPS) is 24.8. The molecule has 5 aromatic rings. The molecule has 18 heteroatoms. The number of likely N-dealkylation sites (tertiary alicyclic amines) is 1. The number of imide groups is 2. The molecule has 3 N–H and O–H groups in total. The van der Waals surface area contributed by atoms with Crippen LogP contribution in [0.1, 0.15) is 90.5 Å². The third kappa shape index (κ3) is 8.02. The fourth-order valence-electron chi connectivity index (χ4n) is 13.2. The number of aromatic nitrogens is 3. The number of carbonyl (C=O) groups excluding carboxylic acids is 4. The second-order valence-corrected chi connectivity index (χ2v) is 22.0. The number of fused-ring (bicyclic) bond motifs is 5. The van der Waals surface area contributed by atoms with Gasteiger partial charge in [-0.05, 0) is 118 Å². The van der Waals surface area contributed by atoms with Gasteiger partial charge in [-0.15, -0.1) is 6.42 Å². The van der Waals surface area contributed by atoms with Crippen LogP contribution in [-0.4, -0.2) is 148 Å². The molecule has 1 spiro atoms. The summed E-state index contributed by atoms with van der Waals surface area (Å²) in [7, 11) is 0. The molecular weight excluding hydrogens is 935 g/mol. The van der Waals surface area contributed by atoms with Gasteiger partial charge in [-0.2, -0.15) is 9.97 Å². The smallest absolute Gasteiger partial charge is 0.319 e. The molecular formula is C55H56F2N10O6. The molecule has 2 aliphatic carbocycles. The first-order valence-electron chi connectivity index (χ1n) is 25.8. The number of benzene rings is 3. The van der Waals surface area contributed by atoms with E-state index in [4.69, 9.17) is 21.1 Å². The maximum Gasteiger partial charge on any atom is 0.319 e. The molecule has 376 valence electrons. The van der Waals surface area contributed by atoms with Gasteiger partial charge >= 0.3 is 6.01 Å². The Balaban J connectivity index is 0.645. The molecule has 3 atom stereocenters. The summed E-state index contributed by atoms with van der Waals surface area (Å²) >= 11 is 0. The predicted octanol–water partition coefficient (Wildman–Crippen LogP) is 5.38. The van der Waals surface area contributed by atoms with Crippen LogP contribution in [-0.2, 0) is 9.59 Å². The molecule has 3 unspecified atom stereocenters. The summed E-state index contributed by atoms with van der Waals surface area (Å²) in [5.74, 6) is -0.507. The maximum absolute atomic E-state index is 17.2. The van der Waals surface area contributed by atoms with Gasteiger partial charge in [0.15, 0.2) is 5.82 Å². The van der Waals surface area contributed by atoms with E-state index >= 15 is 8.78 Å². The van der Waals surface area contributed by atoms with Crippen LogP contribution >= 0.6 is 0 Å². The number of piperazine rings is 2. The highest BCUT2D eigenvalue weighted by atomic mass is 19.1. The fourth-order valence-corrected chi connectivity index (χ4v) is 13.2. The number of hydrogen-bond donors (Lipinski definition) is 3. The zero-order valence-electron chi connectivity index (χ0n) is 40.5. The number of aromatic hydroxyl groups is 1. The van der Waals surface area contributed by atoms with Gasteiger partial charge in [-0.3, -0.25) is 39.3 Å². The lowest BCUT2D eigenvalue weighted by atomic mass is 9.60. The molecule has 7 fully saturated rings. The number of terminal acetylenes is 1. The minimum Gasteiger partial charge on any atom is -0.508 e. The van der Waals surface area contributed by atoms with Crippen LogP contribution in [0.5, 0.6) is 11.8 Å². The summed E-state index contributed by atoms with van der Waals surface area (Å²) in [4.78, 5) is 75.9. The number of ether oxygens (including phenoxy) is 1. The third-order valence-electron chi connectivity index (χ3n) is 17.5. The van der Waals surface area contributed by atoms with E-state index in [0.29, 0.717) is 71.0 Å². The Labute approximate surface area is 420 Å². The highest BCUT2D eigenvalue weighted by Gasteiger charge is 2.51. The molecule has 73 heavy (non-hydrogen) atoms. The second-order valence-electron chi connectivity index (χ2n) is 22.0. The zero-order chi connectivity index (χ0) is 49.9. The largest absolute Gasteiger partial charge is 0.508 e. The monoisotopic (exact) mass is 990 g/mol. The van der Waals surface area contributed by atoms with Gasteiger partial charge in [-0.1, -0.05) is 12.0 Å².